The van der Waals surface area contributed by atoms with Crippen LogP contribution in [0.3, 0.4) is 0 Å². The SMILES string of the molecule is OCc1cccc(OC2C[C@H]3CC[C@@H](C2)C3)c1. The first kappa shape index (κ1) is 11.1. The first-order valence-corrected chi connectivity index (χ1v) is 6.70. The summed E-state index contributed by atoms with van der Waals surface area (Å²) in [7, 11) is 0. The minimum Gasteiger partial charge on any atom is -0.490 e. The van der Waals surface area contributed by atoms with Crippen LogP contribution in [0.4, 0.5) is 0 Å². The number of ether oxygens (including phenoxy) is 1. The predicted molar refractivity (Wildman–Crippen MR) is 66.8 cm³/mol. The van der Waals surface area contributed by atoms with Crippen molar-refractivity contribution in [1.29, 1.82) is 0 Å². The first-order valence-electron chi connectivity index (χ1n) is 6.70. The Hall–Kier alpha value is -1.02. The second-order valence-electron chi connectivity index (χ2n) is 5.56. The predicted octanol–water partition coefficient (Wildman–Crippen LogP) is 3.14. The lowest BCUT2D eigenvalue weighted by atomic mass is 9.87. The molecule has 1 aromatic carbocycles. The summed E-state index contributed by atoms with van der Waals surface area (Å²) in [6.45, 7) is 0.0904. The summed E-state index contributed by atoms with van der Waals surface area (Å²) in [6.07, 6.45) is 7.08. The Labute approximate surface area is 103 Å². The zero-order valence-corrected chi connectivity index (χ0v) is 10.1. The highest BCUT2D eigenvalue weighted by Gasteiger charge is 2.34. The molecule has 3 rings (SSSR count). The highest BCUT2D eigenvalue weighted by molar-refractivity contribution is 5.28. The van der Waals surface area contributed by atoms with Crippen LogP contribution in [0.15, 0.2) is 24.3 Å². The molecule has 0 aromatic heterocycles. The summed E-state index contributed by atoms with van der Waals surface area (Å²) in [4.78, 5) is 0. The van der Waals surface area contributed by atoms with E-state index in [9.17, 15) is 0 Å². The van der Waals surface area contributed by atoms with E-state index in [0.29, 0.717) is 6.10 Å². The zero-order valence-electron chi connectivity index (χ0n) is 10.1. The van der Waals surface area contributed by atoms with E-state index in [1.54, 1.807) is 0 Å². The molecule has 2 saturated carbocycles. The number of aliphatic hydroxyl groups is 1. The third kappa shape index (κ3) is 2.47. The monoisotopic (exact) mass is 232 g/mol. The second-order valence-corrected chi connectivity index (χ2v) is 5.56. The van der Waals surface area contributed by atoms with Crippen molar-refractivity contribution in [2.45, 2.75) is 44.8 Å². The van der Waals surface area contributed by atoms with Crippen LogP contribution in [-0.2, 0) is 6.61 Å². The third-order valence-corrected chi connectivity index (χ3v) is 4.23. The number of aliphatic hydroxyl groups excluding tert-OH is 1. The van der Waals surface area contributed by atoms with Gasteiger partial charge < -0.3 is 9.84 Å². The van der Waals surface area contributed by atoms with Gasteiger partial charge >= 0.3 is 0 Å². The molecule has 2 heteroatoms. The number of hydrogen-bond donors (Lipinski definition) is 1. The van der Waals surface area contributed by atoms with Gasteiger partial charge in [0.05, 0.1) is 12.7 Å². The molecule has 0 aliphatic heterocycles. The maximum absolute atomic E-state index is 9.11. The van der Waals surface area contributed by atoms with Gasteiger partial charge in [-0.1, -0.05) is 25.0 Å². The van der Waals surface area contributed by atoms with Crippen molar-refractivity contribution in [3.63, 3.8) is 0 Å². The third-order valence-electron chi connectivity index (χ3n) is 4.23. The Bertz CT molecular complexity index is 376. The molecule has 2 aliphatic carbocycles. The summed E-state index contributed by atoms with van der Waals surface area (Å²) in [5, 5.41) is 9.11. The summed E-state index contributed by atoms with van der Waals surface area (Å²) >= 11 is 0. The molecule has 1 unspecified atom stereocenters. The van der Waals surface area contributed by atoms with Gasteiger partial charge in [-0.15, -0.1) is 0 Å². The van der Waals surface area contributed by atoms with Crippen LogP contribution in [0.25, 0.3) is 0 Å². The van der Waals surface area contributed by atoms with E-state index in [4.69, 9.17) is 9.84 Å². The molecular formula is C15H20O2. The van der Waals surface area contributed by atoms with Crippen molar-refractivity contribution in [3.05, 3.63) is 29.8 Å². The molecule has 17 heavy (non-hydrogen) atoms. The van der Waals surface area contributed by atoms with Crippen molar-refractivity contribution < 1.29 is 9.84 Å². The maximum Gasteiger partial charge on any atom is 0.120 e. The van der Waals surface area contributed by atoms with Gasteiger partial charge in [0, 0.05) is 0 Å². The average molecular weight is 232 g/mol. The molecule has 0 amide bonds. The van der Waals surface area contributed by atoms with Gasteiger partial charge in [0.25, 0.3) is 0 Å². The molecular weight excluding hydrogens is 212 g/mol. The molecule has 3 atom stereocenters. The molecule has 1 N–H and O–H groups in total. The summed E-state index contributed by atoms with van der Waals surface area (Å²) in [5.41, 5.74) is 0.932. The zero-order chi connectivity index (χ0) is 11.7. The lowest BCUT2D eigenvalue weighted by Crippen LogP contribution is -2.26. The van der Waals surface area contributed by atoms with Crippen molar-refractivity contribution in [2.75, 3.05) is 0 Å². The Morgan fingerprint density at radius 2 is 1.88 bits per heavy atom. The first-order chi connectivity index (χ1) is 8.33. The van der Waals surface area contributed by atoms with Crippen LogP contribution in [-0.4, -0.2) is 11.2 Å². The van der Waals surface area contributed by atoms with E-state index in [-0.39, 0.29) is 6.61 Å². The number of rotatable bonds is 3. The van der Waals surface area contributed by atoms with Gasteiger partial charge in [-0.2, -0.15) is 0 Å². The van der Waals surface area contributed by atoms with Crippen molar-refractivity contribution in [3.8, 4) is 5.75 Å². The quantitative estimate of drug-likeness (QED) is 0.867. The molecule has 2 aliphatic rings. The second kappa shape index (κ2) is 4.69. The van der Waals surface area contributed by atoms with Crippen LogP contribution in [0.1, 0.15) is 37.7 Å². The van der Waals surface area contributed by atoms with Crippen molar-refractivity contribution >= 4 is 0 Å². The van der Waals surface area contributed by atoms with Gasteiger partial charge in [0.2, 0.25) is 0 Å². The molecule has 0 heterocycles. The minimum absolute atomic E-state index is 0.0904. The van der Waals surface area contributed by atoms with Gasteiger partial charge in [-0.3, -0.25) is 0 Å². The molecule has 2 fully saturated rings. The lowest BCUT2D eigenvalue weighted by Gasteiger charge is -2.28. The Morgan fingerprint density at radius 3 is 2.59 bits per heavy atom. The number of benzene rings is 1. The molecule has 92 valence electrons. The normalized spacial score (nSPS) is 31.5. The molecule has 0 spiro atoms. The maximum atomic E-state index is 9.11. The fourth-order valence-corrected chi connectivity index (χ4v) is 3.45. The number of hydrogen-bond acceptors (Lipinski definition) is 2. The fourth-order valence-electron chi connectivity index (χ4n) is 3.45. The molecule has 2 nitrogen and oxygen atoms in total. The number of fused-ring (bicyclic) bond motifs is 2. The van der Waals surface area contributed by atoms with E-state index >= 15 is 0 Å². The molecule has 0 saturated heterocycles. The van der Waals surface area contributed by atoms with Crippen LogP contribution >= 0.6 is 0 Å². The van der Waals surface area contributed by atoms with E-state index in [0.717, 1.165) is 23.1 Å². The van der Waals surface area contributed by atoms with Gasteiger partial charge in [-0.25, -0.2) is 0 Å². The molecule has 0 radical (unpaired) electrons. The van der Waals surface area contributed by atoms with Gasteiger partial charge in [-0.05, 0) is 48.8 Å². The van der Waals surface area contributed by atoms with Gasteiger partial charge in [0.15, 0.2) is 0 Å². The Kier molecular flexibility index (Phi) is 3.06. The van der Waals surface area contributed by atoms with E-state index in [1.165, 1.54) is 32.1 Å². The van der Waals surface area contributed by atoms with Crippen LogP contribution in [0.2, 0.25) is 0 Å². The lowest BCUT2D eigenvalue weighted by molar-refractivity contribution is 0.118. The van der Waals surface area contributed by atoms with Crippen LogP contribution in [0, 0.1) is 11.8 Å². The largest absolute Gasteiger partial charge is 0.490 e. The van der Waals surface area contributed by atoms with Crippen LogP contribution in [0.5, 0.6) is 5.75 Å². The Morgan fingerprint density at radius 1 is 1.12 bits per heavy atom. The summed E-state index contributed by atoms with van der Waals surface area (Å²) in [5.74, 6) is 2.72. The van der Waals surface area contributed by atoms with Crippen LogP contribution < -0.4 is 4.74 Å². The Balaban J connectivity index is 1.66. The minimum atomic E-state index is 0.0904. The van der Waals surface area contributed by atoms with E-state index in [1.807, 2.05) is 24.3 Å². The highest BCUT2D eigenvalue weighted by atomic mass is 16.5. The standard InChI is InChI=1S/C15H20O2/c16-10-13-2-1-3-14(9-13)17-15-7-11-4-5-12(6-11)8-15/h1-3,9,11-12,15-16H,4-8,10H2/t11-,12+,15?. The summed E-state index contributed by atoms with van der Waals surface area (Å²) in [6, 6.07) is 7.84. The molecule has 2 bridgehead atoms. The van der Waals surface area contributed by atoms with Crippen molar-refractivity contribution in [1.82, 2.24) is 0 Å². The highest BCUT2D eigenvalue weighted by Crippen LogP contribution is 2.43. The van der Waals surface area contributed by atoms with E-state index in [2.05, 4.69) is 0 Å². The molecule has 1 aromatic rings. The van der Waals surface area contributed by atoms with Gasteiger partial charge in [0.1, 0.15) is 5.75 Å². The smallest absolute Gasteiger partial charge is 0.120 e. The fraction of sp³-hybridized carbons (Fsp3) is 0.600. The average Bonchev–Trinajstić information content (AvgIpc) is 2.69. The van der Waals surface area contributed by atoms with E-state index < -0.39 is 0 Å². The summed E-state index contributed by atoms with van der Waals surface area (Å²) < 4.78 is 6.07. The van der Waals surface area contributed by atoms with Crippen molar-refractivity contribution in [2.24, 2.45) is 11.8 Å². The topological polar surface area (TPSA) is 29.5 Å².